The molecule has 1 N–H and O–H groups in total. The Hall–Kier alpha value is 0.01000. The van der Waals surface area contributed by atoms with Crippen molar-refractivity contribution in [1.82, 2.24) is 5.32 Å². The summed E-state index contributed by atoms with van der Waals surface area (Å²) in [4.78, 5) is 1.36. The van der Waals surface area contributed by atoms with E-state index in [0.717, 1.165) is 17.8 Å². The Bertz CT molecular complexity index is 308. The Kier molecular flexibility index (Phi) is 5.87. The third kappa shape index (κ3) is 4.11. The van der Waals surface area contributed by atoms with Crippen LogP contribution in [0.5, 0.6) is 0 Å². The molecule has 0 aliphatic heterocycles. The normalized spacial score (nSPS) is 11.8. The van der Waals surface area contributed by atoms with Crippen LogP contribution in [0.15, 0.2) is 29.2 Å². The SMILES string of the molecule is CCSc1ccc(C(C)(C)CNCBr)cc1. The predicted octanol–water partition coefficient (Wildman–Crippen LogP) is 4.02. The number of thioether (sulfide) groups is 1. The van der Waals surface area contributed by atoms with E-state index in [9.17, 15) is 0 Å². The Morgan fingerprint density at radius 3 is 2.38 bits per heavy atom. The second kappa shape index (κ2) is 6.67. The van der Waals surface area contributed by atoms with Crippen molar-refractivity contribution in [2.75, 3.05) is 17.8 Å². The first-order valence-corrected chi connectivity index (χ1v) is 7.71. The summed E-state index contributed by atoms with van der Waals surface area (Å²) in [6.07, 6.45) is 0. The van der Waals surface area contributed by atoms with Gasteiger partial charge < -0.3 is 5.32 Å². The van der Waals surface area contributed by atoms with E-state index in [2.05, 4.69) is 66.3 Å². The first kappa shape index (κ1) is 14.1. The van der Waals surface area contributed by atoms with Gasteiger partial charge in [-0.15, -0.1) is 11.8 Å². The zero-order valence-electron chi connectivity index (χ0n) is 10.2. The molecule has 3 heteroatoms. The van der Waals surface area contributed by atoms with E-state index in [1.54, 1.807) is 0 Å². The summed E-state index contributed by atoms with van der Waals surface area (Å²) in [7, 11) is 0. The lowest BCUT2D eigenvalue weighted by Gasteiger charge is -2.25. The van der Waals surface area contributed by atoms with Crippen molar-refractivity contribution < 1.29 is 0 Å². The quantitative estimate of drug-likeness (QED) is 0.484. The van der Waals surface area contributed by atoms with E-state index < -0.39 is 0 Å². The minimum Gasteiger partial charge on any atom is -0.306 e. The van der Waals surface area contributed by atoms with E-state index in [1.807, 2.05) is 11.8 Å². The van der Waals surface area contributed by atoms with Crippen LogP contribution >= 0.6 is 27.7 Å². The largest absolute Gasteiger partial charge is 0.306 e. The van der Waals surface area contributed by atoms with Crippen LogP contribution in [-0.4, -0.2) is 17.8 Å². The number of alkyl halides is 1. The van der Waals surface area contributed by atoms with Gasteiger partial charge in [0, 0.05) is 16.9 Å². The highest BCUT2D eigenvalue weighted by molar-refractivity contribution is 9.09. The molecule has 0 spiro atoms. The summed E-state index contributed by atoms with van der Waals surface area (Å²) in [5, 5.41) is 3.34. The number of hydrogen-bond donors (Lipinski definition) is 1. The molecule has 0 aliphatic rings. The summed E-state index contributed by atoms with van der Waals surface area (Å²) in [6, 6.07) is 8.93. The molecular formula is C13H20BrNS. The van der Waals surface area contributed by atoms with Crippen LogP contribution in [0.2, 0.25) is 0 Å². The summed E-state index contributed by atoms with van der Waals surface area (Å²) < 4.78 is 0. The number of hydrogen-bond acceptors (Lipinski definition) is 2. The highest BCUT2D eigenvalue weighted by Gasteiger charge is 2.19. The van der Waals surface area contributed by atoms with Crippen molar-refractivity contribution in [2.24, 2.45) is 0 Å². The summed E-state index contributed by atoms with van der Waals surface area (Å²) in [5.74, 6) is 1.13. The molecule has 0 saturated heterocycles. The first-order chi connectivity index (χ1) is 7.60. The molecule has 1 aromatic carbocycles. The lowest BCUT2D eigenvalue weighted by molar-refractivity contribution is 0.491. The maximum atomic E-state index is 3.39. The third-order valence-corrected chi connectivity index (χ3v) is 3.90. The Morgan fingerprint density at radius 2 is 1.88 bits per heavy atom. The van der Waals surface area contributed by atoms with Crippen LogP contribution in [0.4, 0.5) is 0 Å². The van der Waals surface area contributed by atoms with Crippen LogP contribution in [0.25, 0.3) is 0 Å². The van der Waals surface area contributed by atoms with Crippen LogP contribution in [-0.2, 0) is 5.41 Å². The second-order valence-corrected chi connectivity index (χ2v) is 6.30. The van der Waals surface area contributed by atoms with Gasteiger partial charge in [0.1, 0.15) is 0 Å². The van der Waals surface area contributed by atoms with Gasteiger partial charge in [-0.3, -0.25) is 0 Å². The van der Waals surface area contributed by atoms with Crippen LogP contribution in [0.3, 0.4) is 0 Å². The fourth-order valence-corrected chi connectivity index (χ4v) is 2.49. The van der Waals surface area contributed by atoms with E-state index >= 15 is 0 Å². The zero-order valence-corrected chi connectivity index (χ0v) is 12.6. The monoisotopic (exact) mass is 301 g/mol. The topological polar surface area (TPSA) is 12.0 Å². The summed E-state index contributed by atoms with van der Waals surface area (Å²) in [5.41, 5.74) is 2.42. The van der Waals surface area contributed by atoms with Crippen LogP contribution < -0.4 is 5.32 Å². The second-order valence-electron chi connectivity index (χ2n) is 4.40. The highest BCUT2D eigenvalue weighted by atomic mass is 79.9. The van der Waals surface area contributed by atoms with E-state index in [-0.39, 0.29) is 5.41 Å². The smallest absolute Gasteiger partial charge is 0.0517 e. The Balaban J connectivity index is 2.71. The molecule has 0 aromatic heterocycles. The standard InChI is InChI=1S/C13H20BrNS/c1-4-16-12-7-5-11(6-8-12)13(2,3)9-15-10-14/h5-8,15H,4,9-10H2,1-3H3. The maximum absolute atomic E-state index is 3.39. The Labute approximate surface area is 112 Å². The molecule has 1 nitrogen and oxygen atoms in total. The number of rotatable bonds is 6. The van der Waals surface area contributed by atoms with Gasteiger partial charge in [-0.2, -0.15) is 0 Å². The zero-order chi connectivity index (χ0) is 12.0. The van der Waals surface area contributed by atoms with Crippen molar-refractivity contribution in [3.8, 4) is 0 Å². The molecule has 0 aliphatic carbocycles. The average Bonchev–Trinajstić information content (AvgIpc) is 2.28. The minimum atomic E-state index is 0.184. The molecule has 90 valence electrons. The third-order valence-electron chi connectivity index (χ3n) is 2.61. The number of halogens is 1. The maximum Gasteiger partial charge on any atom is 0.0517 e. The highest BCUT2D eigenvalue weighted by Crippen LogP contribution is 2.25. The fraction of sp³-hybridized carbons (Fsp3) is 0.538. The lowest BCUT2D eigenvalue weighted by Crippen LogP contribution is -2.32. The van der Waals surface area contributed by atoms with Crippen LogP contribution in [0, 0.1) is 0 Å². The van der Waals surface area contributed by atoms with Gasteiger partial charge >= 0.3 is 0 Å². The fourth-order valence-electron chi connectivity index (χ4n) is 1.63. The van der Waals surface area contributed by atoms with Crippen molar-refractivity contribution in [3.05, 3.63) is 29.8 Å². The van der Waals surface area contributed by atoms with E-state index in [1.165, 1.54) is 10.5 Å². The minimum absolute atomic E-state index is 0.184. The van der Waals surface area contributed by atoms with Crippen LogP contribution in [0.1, 0.15) is 26.3 Å². The van der Waals surface area contributed by atoms with E-state index in [4.69, 9.17) is 0 Å². The van der Waals surface area contributed by atoms with Gasteiger partial charge in [-0.25, -0.2) is 0 Å². The first-order valence-electron chi connectivity index (χ1n) is 5.60. The molecular weight excluding hydrogens is 282 g/mol. The van der Waals surface area contributed by atoms with Crippen molar-refractivity contribution >= 4 is 27.7 Å². The van der Waals surface area contributed by atoms with Gasteiger partial charge in [0.05, 0.1) is 5.45 Å². The lowest BCUT2D eigenvalue weighted by atomic mass is 9.85. The molecule has 0 amide bonds. The summed E-state index contributed by atoms with van der Waals surface area (Å²) >= 11 is 5.28. The predicted molar refractivity (Wildman–Crippen MR) is 77.7 cm³/mol. The van der Waals surface area contributed by atoms with E-state index in [0.29, 0.717) is 0 Å². The summed E-state index contributed by atoms with van der Waals surface area (Å²) in [6.45, 7) is 7.70. The molecule has 0 atom stereocenters. The molecule has 0 unspecified atom stereocenters. The molecule has 0 saturated carbocycles. The van der Waals surface area contributed by atoms with Gasteiger partial charge in [0.2, 0.25) is 0 Å². The molecule has 1 rings (SSSR count). The molecule has 1 aromatic rings. The Morgan fingerprint density at radius 1 is 1.25 bits per heavy atom. The van der Waals surface area contributed by atoms with Gasteiger partial charge in [0.15, 0.2) is 0 Å². The molecule has 0 fully saturated rings. The van der Waals surface area contributed by atoms with Crippen molar-refractivity contribution in [1.29, 1.82) is 0 Å². The van der Waals surface area contributed by atoms with Gasteiger partial charge in [0.25, 0.3) is 0 Å². The van der Waals surface area contributed by atoms with Gasteiger partial charge in [-0.05, 0) is 23.4 Å². The molecule has 16 heavy (non-hydrogen) atoms. The molecule has 0 heterocycles. The van der Waals surface area contributed by atoms with Crippen molar-refractivity contribution in [3.63, 3.8) is 0 Å². The number of nitrogens with one attached hydrogen (secondary N) is 1. The average molecular weight is 302 g/mol. The molecule has 0 radical (unpaired) electrons. The molecule has 0 bridgehead atoms. The van der Waals surface area contributed by atoms with Crippen molar-refractivity contribution in [2.45, 2.75) is 31.1 Å². The van der Waals surface area contributed by atoms with Gasteiger partial charge in [-0.1, -0.05) is 48.8 Å². The number of benzene rings is 1.